The van der Waals surface area contributed by atoms with Crippen molar-refractivity contribution in [2.24, 2.45) is 13.0 Å². The van der Waals surface area contributed by atoms with Crippen molar-refractivity contribution in [1.82, 2.24) is 25.2 Å². The Kier molecular flexibility index (Phi) is 3.50. The van der Waals surface area contributed by atoms with Crippen molar-refractivity contribution in [3.63, 3.8) is 0 Å². The Balaban J connectivity index is 1.50. The molecule has 2 saturated carbocycles. The van der Waals surface area contributed by atoms with Crippen molar-refractivity contribution in [2.45, 2.75) is 63.1 Å². The van der Waals surface area contributed by atoms with Gasteiger partial charge in [-0.25, -0.2) is 0 Å². The fourth-order valence-corrected chi connectivity index (χ4v) is 4.37. The van der Waals surface area contributed by atoms with E-state index in [0.717, 1.165) is 18.2 Å². The van der Waals surface area contributed by atoms with Gasteiger partial charge in [-0.05, 0) is 31.6 Å². The fourth-order valence-electron chi connectivity index (χ4n) is 4.37. The number of nitrogens with zero attached hydrogens (tertiary/aromatic N) is 4. The molecule has 0 aromatic carbocycles. The first-order chi connectivity index (χ1) is 10.2. The lowest BCUT2D eigenvalue weighted by atomic mass is 9.79. The van der Waals surface area contributed by atoms with E-state index in [0.29, 0.717) is 11.6 Å². The minimum Gasteiger partial charge on any atom is -0.308 e. The number of hydrogen-bond donors (Lipinski definition) is 1. The maximum Gasteiger partial charge on any atom is 0.0967 e. The van der Waals surface area contributed by atoms with Gasteiger partial charge in [-0.2, -0.15) is 0 Å². The highest BCUT2D eigenvalue weighted by Crippen LogP contribution is 2.40. The summed E-state index contributed by atoms with van der Waals surface area (Å²) in [6.07, 6.45) is 11.8. The lowest BCUT2D eigenvalue weighted by Gasteiger charge is -2.50. The second-order valence-electron chi connectivity index (χ2n) is 7.42. The monoisotopic (exact) mass is 289 g/mol. The van der Waals surface area contributed by atoms with Gasteiger partial charge in [0, 0.05) is 44.5 Å². The van der Waals surface area contributed by atoms with Gasteiger partial charge in [-0.15, -0.1) is 5.10 Å². The van der Waals surface area contributed by atoms with Crippen LogP contribution in [0.25, 0.3) is 0 Å². The summed E-state index contributed by atoms with van der Waals surface area (Å²) in [6.45, 7) is 3.34. The van der Waals surface area contributed by atoms with Crippen LogP contribution in [0, 0.1) is 5.92 Å². The van der Waals surface area contributed by atoms with Crippen LogP contribution in [0.15, 0.2) is 6.20 Å². The van der Waals surface area contributed by atoms with Gasteiger partial charge < -0.3 is 5.32 Å². The van der Waals surface area contributed by atoms with E-state index in [4.69, 9.17) is 0 Å². The molecule has 0 radical (unpaired) electrons. The van der Waals surface area contributed by atoms with E-state index < -0.39 is 0 Å². The Morgan fingerprint density at radius 2 is 2.10 bits per heavy atom. The smallest absolute Gasteiger partial charge is 0.0967 e. The zero-order chi connectivity index (χ0) is 14.3. The summed E-state index contributed by atoms with van der Waals surface area (Å²) in [6, 6.07) is 0.708. The molecule has 1 aliphatic heterocycles. The van der Waals surface area contributed by atoms with Crippen LogP contribution in [0.1, 0.15) is 50.6 Å². The lowest BCUT2D eigenvalue weighted by Crippen LogP contribution is -2.65. The number of nitrogens with one attached hydrogen (secondary N) is 1. The highest BCUT2D eigenvalue weighted by Gasteiger charge is 2.44. The van der Waals surface area contributed by atoms with Crippen molar-refractivity contribution in [1.29, 1.82) is 0 Å². The summed E-state index contributed by atoms with van der Waals surface area (Å²) in [4.78, 5) is 2.71. The summed E-state index contributed by atoms with van der Waals surface area (Å²) in [5, 5.41) is 12.3. The molecule has 2 heterocycles. The Morgan fingerprint density at radius 1 is 1.29 bits per heavy atom. The van der Waals surface area contributed by atoms with Gasteiger partial charge in [0.15, 0.2) is 0 Å². The Bertz CT molecular complexity index is 487. The minimum atomic E-state index is 0.381. The molecule has 3 fully saturated rings. The van der Waals surface area contributed by atoms with Crippen molar-refractivity contribution >= 4 is 0 Å². The molecular formula is C16H27N5. The molecule has 1 spiro atoms. The zero-order valence-electron chi connectivity index (χ0n) is 13.1. The average Bonchev–Trinajstić information content (AvgIpc) is 3.23. The van der Waals surface area contributed by atoms with E-state index in [2.05, 4.69) is 26.7 Å². The molecule has 2 aliphatic carbocycles. The molecule has 1 atom stereocenters. The molecule has 0 bridgehead atoms. The van der Waals surface area contributed by atoms with Gasteiger partial charge in [0.05, 0.1) is 5.69 Å². The number of piperazine rings is 1. The summed E-state index contributed by atoms with van der Waals surface area (Å²) in [7, 11) is 1.95. The SMILES string of the molecule is Cn1cc(CN2CC3(CCCCC3)NCC2C2CC2)nn1. The first kappa shape index (κ1) is 13.7. The van der Waals surface area contributed by atoms with E-state index in [1.54, 1.807) is 0 Å². The van der Waals surface area contributed by atoms with Gasteiger partial charge in [-0.1, -0.05) is 24.5 Å². The van der Waals surface area contributed by atoms with Gasteiger partial charge in [0.25, 0.3) is 0 Å². The molecule has 4 rings (SSSR count). The van der Waals surface area contributed by atoms with E-state index in [1.165, 1.54) is 58.0 Å². The van der Waals surface area contributed by atoms with Crippen LogP contribution in [0.4, 0.5) is 0 Å². The summed E-state index contributed by atoms with van der Waals surface area (Å²) in [5.74, 6) is 0.912. The van der Waals surface area contributed by atoms with Gasteiger partial charge in [0.1, 0.15) is 0 Å². The molecular weight excluding hydrogens is 262 g/mol. The van der Waals surface area contributed by atoms with E-state index >= 15 is 0 Å². The molecule has 21 heavy (non-hydrogen) atoms. The van der Waals surface area contributed by atoms with Crippen molar-refractivity contribution in [3.05, 3.63) is 11.9 Å². The maximum atomic E-state index is 4.31. The number of aromatic nitrogens is 3. The topological polar surface area (TPSA) is 46.0 Å². The van der Waals surface area contributed by atoms with Crippen LogP contribution in [0.5, 0.6) is 0 Å². The van der Waals surface area contributed by atoms with Crippen LogP contribution in [0.2, 0.25) is 0 Å². The molecule has 5 nitrogen and oxygen atoms in total. The summed E-state index contributed by atoms with van der Waals surface area (Å²) >= 11 is 0. The lowest BCUT2D eigenvalue weighted by molar-refractivity contribution is 0.0400. The summed E-state index contributed by atoms with van der Waals surface area (Å²) < 4.78 is 1.82. The molecule has 1 saturated heterocycles. The normalized spacial score (nSPS) is 29.9. The molecule has 0 amide bonds. The minimum absolute atomic E-state index is 0.381. The fraction of sp³-hybridized carbons (Fsp3) is 0.875. The first-order valence-corrected chi connectivity index (χ1v) is 8.58. The molecule has 116 valence electrons. The van der Waals surface area contributed by atoms with Crippen molar-refractivity contribution in [3.8, 4) is 0 Å². The van der Waals surface area contributed by atoms with Gasteiger partial charge in [-0.3, -0.25) is 9.58 Å². The van der Waals surface area contributed by atoms with E-state index in [1.807, 2.05) is 11.7 Å². The number of aryl methyl sites for hydroxylation is 1. The molecule has 1 unspecified atom stereocenters. The quantitative estimate of drug-likeness (QED) is 0.920. The first-order valence-electron chi connectivity index (χ1n) is 8.58. The Morgan fingerprint density at radius 3 is 2.76 bits per heavy atom. The van der Waals surface area contributed by atoms with Crippen molar-refractivity contribution < 1.29 is 0 Å². The van der Waals surface area contributed by atoms with Crippen LogP contribution in [-0.4, -0.2) is 44.6 Å². The number of rotatable bonds is 3. The molecule has 1 aromatic heterocycles. The van der Waals surface area contributed by atoms with Crippen LogP contribution < -0.4 is 5.32 Å². The standard InChI is InChI=1S/C16H27N5/c1-20-10-14(18-19-20)11-21-12-16(7-3-2-4-8-16)17-9-15(21)13-5-6-13/h10,13,15,17H,2-9,11-12H2,1H3. The zero-order valence-corrected chi connectivity index (χ0v) is 13.1. The molecule has 5 heteroatoms. The Labute approximate surface area is 127 Å². The second kappa shape index (κ2) is 5.36. The van der Waals surface area contributed by atoms with E-state index in [-0.39, 0.29) is 0 Å². The van der Waals surface area contributed by atoms with Crippen LogP contribution in [0.3, 0.4) is 0 Å². The van der Waals surface area contributed by atoms with Gasteiger partial charge in [0.2, 0.25) is 0 Å². The summed E-state index contributed by atoms with van der Waals surface area (Å²) in [5.41, 5.74) is 1.50. The Hall–Kier alpha value is -0.940. The largest absolute Gasteiger partial charge is 0.308 e. The van der Waals surface area contributed by atoms with Crippen LogP contribution in [-0.2, 0) is 13.6 Å². The second-order valence-corrected chi connectivity index (χ2v) is 7.42. The van der Waals surface area contributed by atoms with Crippen LogP contribution >= 0.6 is 0 Å². The number of hydrogen-bond acceptors (Lipinski definition) is 4. The highest BCUT2D eigenvalue weighted by molar-refractivity contribution is 5.05. The average molecular weight is 289 g/mol. The maximum absolute atomic E-state index is 4.31. The third kappa shape index (κ3) is 2.86. The van der Waals surface area contributed by atoms with Crippen molar-refractivity contribution in [2.75, 3.05) is 13.1 Å². The highest BCUT2D eigenvalue weighted by atomic mass is 15.4. The molecule has 3 aliphatic rings. The predicted octanol–water partition coefficient (Wildman–Crippen LogP) is 1.70. The predicted molar refractivity (Wildman–Crippen MR) is 81.7 cm³/mol. The van der Waals surface area contributed by atoms with Gasteiger partial charge >= 0.3 is 0 Å². The molecule has 1 aromatic rings. The third-order valence-electron chi connectivity index (χ3n) is 5.65. The van der Waals surface area contributed by atoms with E-state index in [9.17, 15) is 0 Å². The molecule has 1 N–H and O–H groups in total. The third-order valence-corrected chi connectivity index (χ3v) is 5.65.